The highest BCUT2D eigenvalue weighted by Crippen LogP contribution is 2.39. The number of Topliss-reactive ketones (excluding diaryl/α,β-unsaturated/α-hetero) is 2. The molecule has 0 spiro atoms. The molecular weight excluding hydrogens is 1590 g/mol. The van der Waals surface area contributed by atoms with Crippen LogP contribution in [0.5, 0.6) is 0 Å². The summed E-state index contributed by atoms with van der Waals surface area (Å²) in [4.78, 5) is 124. The van der Waals surface area contributed by atoms with Crippen molar-refractivity contribution >= 4 is 118 Å². The van der Waals surface area contributed by atoms with Crippen LogP contribution in [0.4, 0.5) is 27.5 Å². The Balaban J connectivity index is 0.000000164. The van der Waals surface area contributed by atoms with E-state index in [2.05, 4.69) is 106 Å². The van der Waals surface area contributed by atoms with Crippen LogP contribution in [0.3, 0.4) is 0 Å². The van der Waals surface area contributed by atoms with Gasteiger partial charge in [0, 0.05) is 141 Å². The zero-order valence-corrected chi connectivity index (χ0v) is 75.0. The van der Waals surface area contributed by atoms with Gasteiger partial charge in [-0.2, -0.15) is 0 Å². The summed E-state index contributed by atoms with van der Waals surface area (Å²) >= 11 is 0. The van der Waals surface area contributed by atoms with Gasteiger partial charge in [-0.05, 0) is 194 Å². The molecule has 1 atom stereocenters. The quantitative estimate of drug-likeness (QED) is 0.0304. The molecule has 0 aromatic heterocycles. The number of hydrogen-bond donors (Lipinski definition) is 4. The van der Waals surface area contributed by atoms with Crippen LogP contribution in [0.25, 0.3) is 68.8 Å². The lowest BCUT2D eigenvalue weighted by Gasteiger charge is -2.22. The number of amidine groups is 4. The predicted octanol–water partition coefficient (Wildman–Crippen LogP) is 19.6. The summed E-state index contributed by atoms with van der Waals surface area (Å²) in [6.45, 7) is 26.3. The normalized spacial score (nSPS) is 14.5. The fourth-order valence-corrected chi connectivity index (χ4v) is 16.0. The van der Waals surface area contributed by atoms with Gasteiger partial charge in [0.15, 0.2) is 6.10 Å². The van der Waals surface area contributed by atoms with Gasteiger partial charge in [0.2, 0.25) is 23.6 Å². The van der Waals surface area contributed by atoms with E-state index in [4.69, 9.17) is 37.1 Å². The van der Waals surface area contributed by atoms with Gasteiger partial charge in [0.05, 0.1) is 28.3 Å². The van der Waals surface area contributed by atoms with E-state index in [0.717, 1.165) is 222 Å². The van der Waals surface area contributed by atoms with Crippen molar-refractivity contribution in [2.75, 3.05) is 59.0 Å². The first kappa shape index (κ1) is 94.2. The predicted molar refractivity (Wildman–Crippen MR) is 509 cm³/mol. The minimum Gasteiger partial charge on any atom is -0.457 e. The summed E-state index contributed by atoms with van der Waals surface area (Å²) in [5.41, 5.74) is 46.7. The lowest BCUT2D eigenvalue weighted by molar-refractivity contribution is -0.128. The summed E-state index contributed by atoms with van der Waals surface area (Å²) in [5.74, 6) is 1.97. The van der Waals surface area contributed by atoms with Crippen LogP contribution in [0, 0.1) is 0 Å². The molecular formula is C104H120N12O11. The van der Waals surface area contributed by atoms with E-state index in [9.17, 15) is 38.4 Å². The highest BCUT2D eigenvalue weighted by atomic mass is 16.8. The van der Waals surface area contributed by atoms with Gasteiger partial charge < -0.3 is 61.5 Å². The number of nitrogens with zero attached hydrogens (tertiary/aromatic N) is 8. The third-order valence-electron chi connectivity index (χ3n) is 22.2. The van der Waals surface area contributed by atoms with Gasteiger partial charge >= 0.3 is 12.1 Å². The lowest BCUT2D eigenvalue weighted by Crippen LogP contribution is -2.34. The number of rotatable bonds is 30. The van der Waals surface area contributed by atoms with E-state index in [1.165, 1.54) is 0 Å². The molecule has 4 amide bonds. The van der Waals surface area contributed by atoms with E-state index in [1.807, 2.05) is 171 Å². The largest absolute Gasteiger partial charge is 0.509 e. The first-order valence-corrected chi connectivity index (χ1v) is 44.6. The molecule has 14 rings (SSSR count). The zero-order valence-electron chi connectivity index (χ0n) is 75.0. The number of aryl methyl sites for hydroxylation is 1. The van der Waals surface area contributed by atoms with Crippen LogP contribution in [0.2, 0.25) is 0 Å². The Morgan fingerprint density at radius 3 is 0.969 bits per heavy atom. The van der Waals surface area contributed by atoms with Crippen molar-refractivity contribution in [1.82, 2.24) is 19.6 Å². The second kappa shape index (κ2) is 45.5. The van der Waals surface area contributed by atoms with Crippen LogP contribution >= 0.6 is 0 Å². The number of benzene rings is 8. The highest BCUT2D eigenvalue weighted by molar-refractivity contribution is 6.09. The van der Waals surface area contributed by atoms with Gasteiger partial charge in [-0.3, -0.25) is 24.0 Å². The molecule has 8 aromatic carbocycles. The van der Waals surface area contributed by atoms with E-state index < -0.39 is 6.16 Å². The van der Waals surface area contributed by atoms with Crippen LogP contribution in [0.15, 0.2) is 206 Å². The van der Waals surface area contributed by atoms with Gasteiger partial charge in [-0.25, -0.2) is 29.6 Å². The average molecular weight is 1710 g/mol. The molecule has 0 saturated carbocycles. The molecule has 662 valence electrons. The SMILES string of the molecule is CCCN(CCC)C(=O)C1=Cc2ccc(-c3ccc(C4COC(=O)O4)cc3)cc2N=C(N)C1.CCCN(CCC)C(=O)C1=Cc2ccc(-c3ccc(CC(C)=O)cc3)cc2N=C(N)C1.CCCN(CCC)C(=O)C1=Cc2ccc(-c3ccc(CCC(C)=O)cc3)cc2N=C(N)C1.CCCN(CCC)C(=O)C1=Cc2ccc(-c3ccc4c(c3)COC4=O)cc2N=C(N)C1. The molecule has 127 heavy (non-hydrogen) atoms. The fraction of sp³-hybridized carbons (Fsp3) is 0.346. The van der Waals surface area contributed by atoms with Gasteiger partial charge in [-0.15, -0.1) is 0 Å². The maximum Gasteiger partial charge on any atom is 0.509 e. The molecule has 23 heteroatoms. The van der Waals surface area contributed by atoms with Crippen molar-refractivity contribution in [3.8, 4) is 44.5 Å². The maximum atomic E-state index is 13.1. The molecule has 6 heterocycles. The Morgan fingerprint density at radius 2 is 0.661 bits per heavy atom. The Labute approximate surface area is 746 Å². The van der Waals surface area contributed by atoms with Crippen molar-refractivity contribution in [1.29, 1.82) is 0 Å². The van der Waals surface area contributed by atoms with E-state index >= 15 is 0 Å². The minimum absolute atomic E-state index is 0.0287. The summed E-state index contributed by atoms with van der Waals surface area (Å²) in [7, 11) is 0. The first-order valence-electron chi connectivity index (χ1n) is 44.6. The summed E-state index contributed by atoms with van der Waals surface area (Å²) in [6, 6.07) is 53.8. The first-order chi connectivity index (χ1) is 61.3. The number of carbonyl (C=O) groups excluding carboxylic acids is 8. The van der Waals surface area contributed by atoms with E-state index in [-0.39, 0.29) is 53.9 Å². The van der Waals surface area contributed by atoms with E-state index in [1.54, 1.807) is 19.9 Å². The molecule has 1 unspecified atom stereocenters. The third-order valence-corrected chi connectivity index (χ3v) is 22.2. The Hall–Kier alpha value is -13.4. The second-order valence-corrected chi connectivity index (χ2v) is 32.8. The molecule has 8 N–H and O–H groups in total. The van der Waals surface area contributed by atoms with Crippen molar-refractivity contribution in [2.45, 2.75) is 178 Å². The van der Waals surface area contributed by atoms with Crippen molar-refractivity contribution in [2.24, 2.45) is 42.9 Å². The van der Waals surface area contributed by atoms with E-state index in [0.29, 0.717) is 96.3 Å². The number of amides is 4. The van der Waals surface area contributed by atoms with Gasteiger partial charge in [-0.1, -0.05) is 183 Å². The number of fused-ring (bicyclic) bond motifs is 5. The number of ketones is 2. The summed E-state index contributed by atoms with van der Waals surface area (Å²) in [5, 5.41) is 0. The van der Waals surface area contributed by atoms with Crippen molar-refractivity contribution < 1.29 is 52.6 Å². The maximum absolute atomic E-state index is 13.1. The Bertz CT molecular complexity index is 5610. The Morgan fingerprint density at radius 1 is 0.362 bits per heavy atom. The van der Waals surface area contributed by atoms with Gasteiger partial charge in [0.25, 0.3) is 0 Å². The number of carbonyl (C=O) groups is 8. The van der Waals surface area contributed by atoms with Crippen LogP contribution < -0.4 is 22.9 Å². The summed E-state index contributed by atoms with van der Waals surface area (Å²) in [6.07, 6.45) is 17.2. The lowest BCUT2D eigenvalue weighted by atomic mass is 9.98. The average Bonchev–Trinajstić information content (AvgIpc) is 1.67. The van der Waals surface area contributed by atoms with Gasteiger partial charge in [0.1, 0.15) is 48.1 Å². The second-order valence-electron chi connectivity index (χ2n) is 32.8. The number of cyclic esters (lactones) is 3. The molecule has 23 nitrogen and oxygen atoms in total. The van der Waals surface area contributed by atoms with Crippen molar-refractivity contribution in [3.63, 3.8) is 0 Å². The standard InChI is InChI=1S/C27H33N3O2.C26H29N3O4.C26H31N3O2.C25H27N3O3/c1-4-14-30(15-5-2)27(32)24-16-23-13-12-22(17-25(23)29-26(28)18-24)21-10-8-20(9-11-21)7-6-19(3)31;1-3-11-29(12-4-2)25(30)21-13-20-10-9-19(14-22(20)28-24(27)15-21)17-5-7-18(8-6-17)23-16-32-26(31)33-23;1-4-12-29(13-5-2)26(31)23-15-22-11-10-21(16-24(22)28-25(27)17-23)20-8-6-19(7-9-20)14-18(3)30;1-3-9-28(10-4-2)24(29)19-12-18-6-5-17(13-22(18)27-23(26)14-19)16-7-8-21-20(11-16)15-31-25(21)30/h8-13,16-17H,4-7,14-15,18H2,1-3H3,(H2,28,29);5-10,13-14,23H,3-4,11-12,15-16H2,1-2H3,(H2,27,28);6-11,15-16H,4-5,12-14,17H2,1-3H3,(H2,27,28);5-8,11-13H,3-4,9-10,14-15H2,1-2H3,(H2,26,27). The van der Waals surface area contributed by atoms with Crippen LogP contribution in [0.1, 0.15) is 214 Å². The molecule has 1 saturated heterocycles. The minimum atomic E-state index is -0.635. The molecule has 8 aromatic rings. The number of esters is 1. The third kappa shape index (κ3) is 25.4. The molecule has 6 aliphatic heterocycles. The number of hydrogen-bond acceptors (Lipinski definition) is 19. The molecule has 0 radical (unpaired) electrons. The smallest absolute Gasteiger partial charge is 0.457 e. The van der Waals surface area contributed by atoms with Crippen LogP contribution in [-0.4, -0.2) is 149 Å². The zero-order chi connectivity index (χ0) is 90.8. The Kier molecular flexibility index (Phi) is 33.7. The summed E-state index contributed by atoms with van der Waals surface area (Å²) < 4.78 is 15.1. The molecule has 1 fully saturated rings. The topological polar surface area (TPSA) is 331 Å². The highest BCUT2D eigenvalue weighted by Gasteiger charge is 2.30. The fourth-order valence-electron chi connectivity index (χ4n) is 16.0. The monoisotopic (exact) mass is 1710 g/mol. The number of aliphatic imine (C=N–C) groups is 4. The van der Waals surface area contributed by atoms with Crippen molar-refractivity contribution in [3.05, 3.63) is 236 Å². The number of nitrogens with two attached hydrogens (primary N) is 4. The van der Waals surface area contributed by atoms with Crippen LogP contribution in [-0.2, 0) is 62.4 Å². The molecule has 0 bridgehead atoms. The molecule has 6 aliphatic rings. The molecule has 0 aliphatic carbocycles. The number of ether oxygens (including phenoxy) is 3.